The van der Waals surface area contributed by atoms with Gasteiger partial charge in [-0.05, 0) is 60.5 Å². The molecular formula is C28H27F2NO4PY-. The molecule has 1 radical (unpaired) electrons. The number of hydrogen-bond acceptors (Lipinski definition) is 4. The van der Waals surface area contributed by atoms with Gasteiger partial charge in [0, 0.05) is 50.4 Å². The minimum absolute atomic E-state index is 0. The number of anilines is 1. The number of rotatable bonds is 7. The molecule has 1 amide bonds. The van der Waals surface area contributed by atoms with Crippen molar-refractivity contribution in [3.8, 4) is 5.75 Å². The number of carbonyl (C=O) groups excluding carboxylic acids is 1. The molecular weight excluding hydrogens is 572 g/mol. The Morgan fingerprint density at radius 3 is 2.11 bits per heavy atom. The average molecular weight is 599 g/mol. The Labute approximate surface area is 243 Å². The maximum Gasteiger partial charge on any atom is 0.233 e. The van der Waals surface area contributed by atoms with E-state index in [0.29, 0.717) is 37.5 Å². The van der Waals surface area contributed by atoms with Crippen LogP contribution >= 0.6 is 9.47 Å². The SMILES string of the molecule is C[C-]1COC(CCC2C(=O)N(c3ccc(F)cc3)[C@@H]2c2ccc(OP)cc2)(c2ccc(F)cc2)OC1.[Y]. The first kappa shape index (κ1) is 28.3. The van der Waals surface area contributed by atoms with Gasteiger partial charge in [0.2, 0.25) is 5.91 Å². The van der Waals surface area contributed by atoms with E-state index in [0.717, 1.165) is 17.0 Å². The summed E-state index contributed by atoms with van der Waals surface area (Å²) in [5, 5.41) is 0. The summed E-state index contributed by atoms with van der Waals surface area (Å²) in [4.78, 5) is 15.1. The van der Waals surface area contributed by atoms with Crippen molar-refractivity contribution in [1.29, 1.82) is 0 Å². The monoisotopic (exact) mass is 599 g/mol. The summed E-state index contributed by atoms with van der Waals surface area (Å²) in [7, 11) is 2.22. The summed E-state index contributed by atoms with van der Waals surface area (Å²) in [6.45, 7) is 2.82. The van der Waals surface area contributed by atoms with Gasteiger partial charge in [0.15, 0.2) is 5.79 Å². The van der Waals surface area contributed by atoms with Gasteiger partial charge in [0.05, 0.1) is 21.4 Å². The van der Waals surface area contributed by atoms with E-state index in [2.05, 4.69) is 9.47 Å². The number of β-lactam (4-membered cyclic amide) rings is 1. The molecule has 37 heavy (non-hydrogen) atoms. The van der Waals surface area contributed by atoms with Gasteiger partial charge in [0.1, 0.15) is 17.4 Å². The van der Waals surface area contributed by atoms with Gasteiger partial charge < -0.3 is 18.9 Å². The zero-order valence-electron chi connectivity index (χ0n) is 20.4. The van der Waals surface area contributed by atoms with E-state index in [1.807, 2.05) is 31.2 Å². The van der Waals surface area contributed by atoms with Crippen LogP contribution in [0.2, 0.25) is 0 Å². The first-order valence-corrected chi connectivity index (χ1v) is 12.3. The van der Waals surface area contributed by atoms with Gasteiger partial charge >= 0.3 is 0 Å². The standard InChI is InChI=1S/C28H27F2NO4P.Y/c1-18-16-33-28(34-17-18,20-4-6-21(29)7-5-20)15-14-25-26(19-2-12-24(35-36)13-3-19)31(27(25)32)23-10-8-22(30)9-11-23;/h2-13,25-26H,14-17,36H2,1H3;/q-1;/t25?,26-;/m1./s1. The van der Waals surface area contributed by atoms with Crippen LogP contribution in [0.5, 0.6) is 5.75 Å². The Hall–Kier alpha value is -1.76. The quantitative estimate of drug-likeness (QED) is 0.187. The Morgan fingerprint density at radius 1 is 0.973 bits per heavy atom. The zero-order valence-corrected chi connectivity index (χ0v) is 24.4. The molecule has 2 fully saturated rings. The number of halogens is 2. The van der Waals surface area contributed by atoms with Gasteiger partial charge in [-0.2, -0.15) is 6.92 Å². The normalized spacial score (nSPS) is 21.2. The summed E-state index contributed by atoms with van der Waals surface area (Å²) in [5.41, 5.74) is 2.30. The van der Waals surface area contributed by atoms with E-state index >= 15 is 0 Å². The molecule has 9 heteroatoms. The van der Waals surface area contributed by atoms with Crippen LogP contribution < -0.4 is 9.42 Å². The second kappa shape index (κ2) is 12.0. The molecule has 3 atom stereocenters. The second-order valence-electron chi connectivity index (χ2n) is 9.26. The van der Waals surface area contributed by atoms with E-state index in [4.69, 9.17) is 14.0 Å². The average Bonchev–Trinajstić information content (AvgIpc) is 2.90. The van der Waals surface area contributed by atoms with Crippen molar-refractivity contribution in [1.82, 2.24) is 0 Å². The van der Waals surface area contributed by atoms with Crippen LogP contribution in [0, 0.1) is 23.5 Å². The molecule has 0 aliphatic carbocycles. The fourth-order valence-electron chi connectivity index (χ4n) is 4.91. The van der Waals surface area contributed by atoms with Crippen molar-refractivity contribution in [3.63, 3.8) is 0 Å². The van der Waals surface area contributed by atoms with E-state index in [1.165, 1.54) is 24.3 Å². The summed E-state index contributed by atoms with van der Waals surface area (Å²) in [5.74, 6) is -0.406. The van der Waals surface area contributed by atoms with Gasteiger partial charge in [-0.15, -0.1) is 0 Å². The van der Waals surface area contributed by atoms with E-state index in [1.54, 1.807) is 29.2 Å². The van der Waals surface area contributed by atoms with Gasteiger partial charge in [0.25, 0.3) is 0 Å². The van der Waals surface area contributed by atoms with Crippen molar-refractivity contribution < 1.29 is 60.3 Å². The maximum absolute atomic E-state index is 13.6. The largest absolute Gasteiger partial charge is 0.480 e. The summed E-state index contributed by atoms with van der Waals surface area (Å²) >= 11 is 0. The molecule has 0 N–H and O–H groups in total. The van der Waals surface area contributed by atoms with E-state index in [9.17, 15) is 13.6 Å². The maximum atomic E-state index is 13.6. The summed E-state index contributed by atoms with van der Waals surface area (Å²) in [6.07, 6.45) is 0.905. The van der Waals surface area contributed by atoms with E-state index < -0.39 is 5.79 Å². The molecule has 2 unspecified atom stereocenters. The number of nitrogens with zero attached hydrogens (tertiary/aromatic N) is 1. The Kier molecular flexibility index (Phi) is 9.14. The molecule has 0 saturated carbocycles. The summed E-state index contributed by atoms with van der Waals surface area (Å²) < 4.78 is 44.8. The van der Waals surface area contributed by atoms with Crippen LogP contribution in [0.15, 0.2) is 72.8 Å². The Balaban J connectivity index is 0.00000320. The van der Waals surface area contributed by atoms with Gasteiger partial charge in [-0.1, -0.05) is 37.5 Å². The van der Waals surface area contributed by atoms with Crippen molar-refractivity contribution in [3.05, 3.63) is 101 Å². The molecule has 3 aromatic carbocycles. The number of benzene rings is 3. The topological polar surface area (TPSA) is 48.0 Å². The Bertz CT molecular complexity index is 1200. The van der Waals surface area contributed by atoms with Crippen LogP contribution in [0.25, 0.3) is 0 Å². The summed E-state index contributed by atoms with van der Waals surface area (Å²) in [6, 6.07) is 19.3. The third-order valence-corrected chi connectivity index (χ3v) is 7.12. The van der Waals surface area contributed by atoms with Crippen LogP contribution in [0.3, 0.4) is 0 Å². The van der Waals surface area contributed by atoms with Crippen molar-refractivity contribution in [2.24, 2.45) is 5.92 Å². The van der Waals surface area contributed by atoms with Crippen LogP contribution in [-0.2, 0) is 52.8 Å². The van der Waals surface area contributed by atoms with Gasteiger partial charge in [-0.25, -0.2) is 8.78 Å². The van der Waals surface area contributed by atoms with Crippen LogP contribution in [0.4, 0.5) is 14.5 Å². The minimum atomic E-state index is -1.06. The number of amides is 1. The molecule has 3 aromatic rings. The van der Waals surface area contributed by atoms with E-state index in [-0.39, 0.29) is 62.2 Å². The number of carbonyl (C=O) groups is 1. The fourth-order valence-corrected chi connectivity index (χ4v) is 5.07. The molecule has 0 aromatic heterocycles. The minimum Gasteiger partial charge on any atom is -0.480 e. The number of ether oxygens (including phenoxy) is 2. The molecule has 0 bridgehead atoms. The third-order valence-electron chi connectivity index (χ3n) is 6.85. The predicted octanol–water partition coefficient (Wildman–Crippen LogP) is 6.11. The third kappa shape index (κ3) is 5.82. The smallest absolute Gasteiger partial charge is 0.233 e. The van der Waals surface area contributed by atoms with Crippen LogP contribution in [0.1, 0.15) is 36.9 Å². The predicted molar refractivity (Wildman–Crippen MR) is 135 cm³/mol. The molecule has 2 heterocycles. The molecule has 5 rings (SSSR count). The molecule has 5 nitrogen and oxygen atoms in total. The molecule has 2 aliphatic heterocycles. The van der Waals surface area contributed by atoms with Gasteiger partial charge in [-0.3, -0.25) is 10.7 Å². The van der Waals surface area contributed by atoms with Crippen molar-refractivity contribution >= 4 is 21.1 Å². The molecule has 191 valence electrons. The molecule has 0 spiro atoms. The van der Waals surface area contributed by atoms with Crippen molar-refractivity contribution in [2.75, 3.05) is 18.1 Å². The molecule has 2 aliphatic rings. The zero-order chi connectivity index (χ0) is 25.3. The fraction of sp³-hybridized carbons (Fsp3) is 0.286. The first-order chi connectivity index (χ1) is 17.4. The van der Waals surface area contributed by atoms with Crippen molar-refractivity contribution in [2.45, 2.75) is 31.6 Å². The Morgan fingerprint density at radius 2 is 1.54 bits per heavy atom. The first-order valence-electron chi connectivity index (χ1n) is 11.8. The second-order valence-corrected chi connectivity index (χ2v) is 9.49. The van der Waals surface area contributed by atoms with Crippen LogP contribution in [-0.4, -0.2) is 19.1 Å². The number of hydrogen-bond donors (Lipinski definition) is 0. The molecule has 2 saturated heterocycles.